The third kappa shape index (κ3) is 5.13. The van der Waals surface area contributed by atoms with Crippen molar-refractivity contribution in [1.29, 1.82) is 0 Å². The molecule has 2 rings (SSSR count). The molecular formula is C16H21NO4. The predicted octanol–water partition coefficient (Wildman–Crippen LogP) is 2.69. The first kappa shape index (κ1) is 15.4. The molecule has 0 aliphatic carbocycles. The third-order valence-electron chi connectivity index (χ3n) is 3.04. The van der Waals surface area contributed by atoms with Crippen molar-refractivity contribution in [3.05, 3.63) is 47.9 Å². The van der Waals surface area contributed by atoms with Gasteiger partial charge < -0.3 is 24.3 Å². The Morgan fingerprint density at radius 3 is 2.90 bits per heavy atom. The van der Waals surface area contributed by atoms with Crippen molar-refractivity contribution in [2.24, 2.45) is 0 Å². The quantitative estimate of drug-likeness (QED) is 0.695. The molecule has 0 bridgehead atoms. The van der Waals surface area contributed by atoms with E-state index in [1.54, 1.807) is 18.4 Å². The van der Waals surface area contributed by atoms with Crippen LogP contribution in [0.1, 0.15) is 17.7 Å². The van der Waals surface area contributed by atoms with Crippen molar-refractivity contribution in [1.82, 2.24) is 5.32 Å². The minimum Gasteiger partial charge on any atom is -0.504 e. The Balaban J connectivity index is 1.56. The number of rotatable bonds is 9. The Morgan fingerprint density at radius 2 is 2.19 bits per heavy atom. The summed E-state index contributed by atoms with van der Waals surface area (Å²) in [5.74, 6) is 1.50. The number of hydrogen-bond acceptors (Lipinski definition) is 5. The standard InChI is InChI=1S/C16H21NO4/c1-19-16-6-5-13(10-15(16)18)11-17-7-3-8-20-12-14-4-2-9-21-14/h2,4-6,9-10,17-18H,3,7-8,11-12H2,1H3. The minimum absolute atomic E-state index is 0.165. The van der Waals surface area contributed by atoms with Gasteiger partial charge in [-0.1, -0.05) is 6.07 Å². The van der Waals surface area contributed by atoms with E-state index in [-0.39, 0.29) is 5.75 Å². The van der Waals surface area contributed by atoms with Gasteiger partial charge in [-0.25, -0.2) is 0 Å². The van der Waals surface area contributed by atoms with Crippen LogP contribution < -0.4 is 10.1 Å². The number of aromatic hydroxyl groups is 1. The first-order valence-corrected chi connectivity index (χ1v) is 6.96. The summed E-state index contributed by atoms with van der Waals surface area (Å²) in [7, 11) is 1.54. The normalized spacial score (nSPS) is 10.7. The van der Waals surface area contributed by atoms with Crippen molar-refractivity contribution >= 4 is 0 Å². The van der Waals surface area contributed by atoms with E-state index >= 15 is 0 Å². The first-order valence-electron chi connectivity index (χ1n) is 6.96. The molecular weight excluding hydrogens is 270 g/mol. The summed E-state index contributed by atoms with van der Waals surface area (Å²) in [4.78, 5) is 0. The van der Waals surface area contributed by atoms with Crippen molar-refractivity contribution in [2.75, 3.05) is 20.3 Å². The highest BCUT2D eigenvalue weighted by Crippen LogP contribution is 2.25. The third-order valence-corrected chi connectivity index (χ3v) is 3.04. The lowest BCUT2D eigenvalue weighted by atomic mass is 10.2. The second-order valence-electron chi connectivity index (χ2n) is 4.67. The topological polar surface area (TPSA) is 63.9 Å². The van der Waals surface area contributed by atoms with Gasteiger partial charge in [-0.05, 0) is 42.8 Å². The number of phenols is 1. The number of furan rings is 1. The molecule has 0 aliphatic heterocycles. The molecule has 0 atom stereocenters. The number of phenolic OH excluding ortho intramolecular Hbond substituents is 1. The second-order valence-corrected chi connectivity index (χ2v) is 4.67. The smallest absolute Gasteiger partial charge is 0.160 e. The summed E-state index contributed by atoms with van der Waals surface area (Å²) < 4.78 is 15.7. The fourth-order valence-electron chi connectivity index (χ4n) is 1.94. The van der Waals surface area contributed by atoms with E-state index in [4.69, 9.17) is 13.9 Å². The second kappa shape index (κ2) is 8.34. The molecule has 5 heteroatoms. The van der Waals surface area contributed by atoms with E-state index in [2.05, 4.69) is 5.32 Å². The maximum absolute atomic E-state index is 9.67. The van der Waals surface area contributed by atoms with Gasteiger partial charge in [0.05, 0.1) is 13.4 Å². The molecule has 1 aromatic carbocycles. The first-order chi connectivity index (χ1) is 10.3. The highest BCUT2D eigenvalue weighted by atomic mass is 16.5. The monoisotopic (exact) mass is 291 g/mol. The number of methoxy groups -OCH3 is 1. The molecule has 0 amide bonds. The maximum Gasteiger partial charge on any atom is 0.160 e. The zero-order valence-corrected chi connectivity index (χ0v) is 12.2. The van der Waals surface area contributed by atoms with Crippen LogP contribution in [0.3, 0.4) is 0 Å². The molecule has 2 aromatic rings. The fourth-order valence-corrected chi connectivity index (χ4v) is 1.94. The Labute approximate surface area is 124 Å². The van der Waals surface area contributed by atoms with Crippen LogP contribution in [0.15, 0.2) is 41.0 Å². The molecule has 114 valence electrons. The molecule has 0 aliphatic rings. The van der Waals surface area contributed by atoms with E-state index < -0.39 is 0 Å². The van der Waals surface area contributed by atoms with Crippen molar-refractivity contribution in [3.63, 3.8) is 0 Å². The SMILES string of the molecule is COc1ccc(CNCCCOCc2ccco2)cc1O. The molecule has 5 nitrogen and oxygen atoms in total. The molecule has 0 saturated carbocycles. The molecule has 0 unspecified atom stereocenters. The zero-order chi connectivity index (χ0) is 14.9. The summed E-state index contributed by atoms with van der Waals surface area (Å²) in [6.07, 6.45) is 2.56. The van der Waals surface area contributed by atoms with E-state index in [0.29, 0.717) is 25.5 Å². The van der Waals surface area contributed by atoms with E-state index in [0.717, 1.165) is 24.3 Å². The van der Waals surface area contributed by atoms with Crippen LogP contribution in [-0.4, -0.2) is 25.4 Å². The molecule has 2 N–H and O–H groups in total. The van der Waals surface area contributed by atoms with E-state index in [1.165, 1.54) is 7.11 Å². The summed E-state index contributed by atoms with van der Waals surface area (Å²) in [6, 6.07) is 9.15. The summed E-state index contributed by atoms with van der Waals surface area (Å²) in [6.45, 7) is 2.75. The van der Waals surface area contributed by atoms with Crippen LogP contribution in [0.4, 0.5) is 0 Å². The average Bonchev–Trinajstić information content (AvgIpc) is 3.00. The molecule has 0 fully saturated rings. The Hall–Kier alpha value is -1.98. The molecule has 1 aromatic heterocycles. The number of benzene rings is 1. The highest BCUT2D eigenvalue weighted by molar-refractivity contribution is 5.41. The van der Waals surface area contributed by atoms with Gasteiger partial charge in [0.1, 0.15) is 12.4 Å². The van der Waals surface area contributed by atoms with Gasteiger partial charge in [0.25, 0.3) is 0 Å². The Morgan fingerprint density at radius 1 is 1.29 bits per heavy atom. The van der Waals surface area contributed by atoms with E-state index in [1.807, 2.05) is 18.2 Å². The predicted molar refractivity (Wildman–Crippen MR) is 79.3 cm³/mol. The van der Waals surface area contributed by atoms with E-state index in [9.17, 15) is 5.11 Å². The van der Waals surface area contributed by atoms with Gasteiger partial charge in [0.15, 0.2) is 11.5 Å². The number of nitrogens with one attached hydrogen (secondary N) is 1. The largest absolute Gasteiger partial charge is 0.504 e. The van der Waals surface area contributed by atoms with Gasteiger partial charge in [0.2, 0.25) is 0 Å². The molecule has 21 heavy (non-hydrogen) atoms. The molecule has 0 spiro atoms. The van der Waals surface area contributed by atoms with Crippen LogP contribution in [-0.2, 0) is 17.9 Å². The number of ether oxygens (including phenoxy) is 2. The van der Waals surface area contributed by atoms with Crippen molar-refractivity contribution in [2.45, 2.75) is 19.6 Å². The molecule has 0 radical (unpaired) electrons. The lowest BCUT2D eigenvalue weighted by Gasteiger charge is -2.08. The maximum atomic E-state index is 9.67. The van der Waals surface area contributed by atoms with Crippen LogP contribution in [0.5, 0.6) is 11.5 Å². The summed E-state index contributed by atoms with van der Waals surface area (Å²) >= 11 is 0. The van der Waals surface area contributed by atoms with Crippen LogP contribution in [0.25, 0.3) is 0 Å². The zero-order valence-electron chi connectivity index (χ0n) is 12.2. The van der Waals surface area contributed by atoms with Crippen LogP contribution in [0, 0.1) is 0 Å². The number of hydrogen-bond donors (Lipinski definition) is 2. The lowest BCUT2D eigenvalue weighted by Crippen LogP contribution is -2.16. The van der Waals surface area contributed by atoms with Gasteiger partial charge in [-0.15, -0.1) is 0 Å². The fraction of sp³-hybridized carbons (Fsp3) is 0.375. The Kier molecular flexibility index (Phi) is 6.12. The minimum atomic E-state index is 0.165. The van der Waals surface area contributed by atoms with Crippen LogP contribution in [0.2, 0.25) is 0 Å². The lowest BCUT2D eigenvalue weighted by molar-refractivity contribution is 0.104. The molecule has 0 saturated heterocycles. The Bertz CT molecular complexity index is 525. The summed E-state index contributed by atoms with van der Waals surface area (Å²) in [5.41, 5.74) is 1.02. The van der Waals surface area contributed by atoms with Crippen molar-refractivity contribution < 1.29 is 19.0 Å². The van der Waals surface area contributed by atoms with Gasteiger partial charge in [0, 0.05) is 13.2 Å². The van der Waals surface area contributed by atoms with Crippen molar-refractivity contribution in [3.8, 4) is 11.5 Å². The van der Waals surface area contributed by atoms with Gasteiger partial charge in [-0.2, -0.15) is 0 Å². The van der Waals surface area contributed by atoms with Crippen LogP contribution >= 0.6 is 0 Å². The molecule has 1 heterocycles. The van der Waals surface area contributed by atoms with Gasteiger partial charge >= 0.3 is 0 Å². The van der Waals surface area contributed by atoms with Gasteiger partial charge in [-0.3, -0.25) is 0 Å². The average molecular weight is 291 g/mol. The highest BCUT2D eigenvalue weighted by Gasteiger charge is 2.02. The summed E-state index contributed by atoms with van der Waals surface area (Å²) in [5, 5.41) is 13.0.